The van der Waals surface area contributed by atoms with Crippen LogP contribution in [-0.4, -0.2) is 16.0 Å². The highest BCUT2D eigenvalue weighted by Crippen LogP contribution is 2.05. The van der Waals surface area contributed by atoms with Crippen molar-refractivity contribution in [3.63, 3.8) is 0 Å². The molecule has 0 fully saturated rings. The molecule has 0 aliphatic carbocycles. The quantitative estimate of drug-likeness (QED) is 0.632. The highest BCUT2D eigenvalue weighted by atomic mass is 19.1. The summed E-state index contributed by atoms with van der Waals surface area (Å²) >= 11 is 0. The minimum absolute atomic E-state index is 0.189. The Morgan fingerprint density at radius 1 is 1.25 bits per heavy atom. The maximum Gasteiger partial charge on any atom is 0.206 e. The molecule has 80 valence electrons. The molecule has 0 saturated carbocycles. The van der Waals surface area contributed by atoms with Crippen LogP contribution in [0, 0.1) is 5.82 Å². The summed E-state index contributed by atoms with van der Waals surface area (Å²) in [6.07, 6.45) is 4.61. The zero-order chi connectivity index (χ0) is 11.4. The molecule has 1 heterocycles. The number of halogens is 1. The molecule has 0 amide bonds. The standard InChI is InChI=1S/C12H9FN2O/c13-10-4-1-9(2-5-10)3-6-12(16)11-7-8-14-15-11/h1-8H,(H,14,15). The van der Waals surface area contributed by atoms with Gasteiger partial charge in [0.15, 0.2) is 0 Å². The van der Waals surface area contributed by atoms with E-state index in [2.05, 4.69) is 10.2 Å². The number of ketones is 1. The Morgan fingerprint density at radius 2 is 2.00 bits per heavy atom. The van der Waals surface area contributed by atoms with E-state index in [1.165, 1.54) is 18.2 Å². The van der Waals surface area contributed by atoms with Gasteiger partial charge in [0.2, 0.25) is 5.78 Å². The Bertz CT molecular complexity index is 500. The van der Waals surface area contributed by atoms with Gasteiger partial charge in [-0.25, -0.2) is 4.39 Å². The molecule has 0 radical (unpaired) electrons. The first-order valence-electron chi connectivity index (χ1n) is 4.73. The number of aromatic nitrogens is 2. The van der Waals surface area contributed by atoms with Gasteiger partial charge in [-0.2, -0.15) is 5.10 Å². The SMILES string of the molecule is O=C(C=Cc1ccc(F)cc1)c1cc[nH]n1. The van der Waals surface area contributed by atoms with Gasteiger partial charge < -0.3 is 0 Å². The van der Waals surface area contributed by atoms with Crippen molar-refractivity contribution in [1.82, 2.24) is 10.2 Å². The predicted octanol–water partition coefficient (Wildman–Crippen LogP) is 2.44. The summed E-state index contributed by atoms with van der Waals surface area (Å²) in [7, 11) is 0. The Kier molecular flexibility index (Phi) is 2.91. The lowest BCUT2D eigenvalue weighted by molar-refractivity contribution is 0.104. The van der Waals surface area contributed by atoms with Gasteiger partial charge in [-0.15, -0.1) is 0 Å². The van der Waals surface area contributed by atoms with Crippen molar-refractivity contribution in [2.75, 3.05) is 0 Å². The zero-order valence-electron chi connectivity index (χ0n) is 8.35. The lowest BCUT2D eigenvalue weighted by Crippen LogP contribution is -1.94. The van der Waals surface area contributed by atoms with E-state index >= 15 is 0 Å². The number of benzene rings is 1. The number of carbonyl (C=O) groups excluding carboxylic acids is 1. The first-order valence-corrected chi connectivity index (χ1v) is 4.73. The fraction of sp³-hybridized carbons (Fsp3) is 0. The number of aromatic amines is 1. The van der Waals surface area contributed by atoms with Crippen molar-refractivity contribution >= 4 is 11.9 Å². The summed E-state index contributed by atoms with van der Waals surface area (Å²) in [5.74, 6) is -0.485. The second-order valence-electron chi connectivity index (χ2n) is 3.21. The molecule has 0 spiro atoms. The first kappa shape index (κ1) is 10.3. The average molecular weight is 216 g/mol. The van der Waals surface area contributed by atoms with Gasteiger partial charge in [-0.1, -0.05) is 18.2 Å². The van der Waals surface area contributed by atoms with Crippen molar-refractivity contribution in [3.05, 3.63) is 59.7 Å². The van der Waals surface area contributed by atoms with E-state index in [1.54, 1.807) is 30.5 Å². The molecule has 16 heavy (non-hydrogen) atoms. The Morgan fingerprint density at radius 3 is 2.62 bits per heavy atom. The number of nitrogens with one attached hydrogen (secondary N) is 1. The Labute approximate surface area is 91.6 Å². The van der Waals surface area contributed by atoms with Gasteiger partial charge in [-0.3, -0.25) is 9.89 Å². The van der Waals surface area contributed by atoms with Crippen LogP contribution in [0.25, 0.3) is 6.08 Å². The Balaban J connectivity index is 2.10. The van der Waals surface area contributed by atoms with E-state index < -0.39 is 0 Å². The second-order valence-corrected chi connectivity index (χ2v) is 3.21. The molecule has 2 rings (SSSR count). The van der Waals surface area contributed by atoms with E-state index in [4.69, 9.17) is 0 Å². The molecule has 0 unspecified atom stereocenters. The van der Waals surface area contributed by atoms with E-state index in [0.29, 0.717) is 5.69 Å². The van der Waals surface area contributed by atoms with Crippen LogP contribution < -0.4 is 0 Å². The maximum atomic E-state index is 12.6. The van der Waals surface area contributed by atoms with E-state index in [1.807, 2.05) is 0 Å². The summed E-state index contributed by atoms with van der Waals surface area (Å²) < 4.78 is 12.6. The van der Waals surface area contributed by atoms with E-state index in [0.717, 1.165) is 5.56 Å². The molecule has 0 atom stereocenters. The molecule has 0 bridgehead atoms. The van der Waals surface area contributed by atoms with Crippen molar-refractivity contribution in [3.8, 4) is 0 Å². The first-order chi connectivity index (χ1) is 7.75. The largest absolute Gasteiger partial charge is 0.287 e. The molecular formula is C12H9FN2O. The van der Waals surface area contributed by atoms with Crippen LogP contribution in [0.3, 0.4) is 0 Å². The third-order valence-electron chi connectivity index (χ3n) is 2.05. The third-order valence-corrected chi connectivity index (χ3v) is 2.05. The fourth-order valence-corrected chi connectivity index (χ4v) is 1.23. The number of allylic oxidation sites excluding steroid dienone is 1. The molecular weight excluding hydrogens is 207 g/mol. The molecule has 3 nitrogen and oxygen atoms in total. The summed E-state index contributed by atoms with van der Waals surface area (Å²) in [4.78, 5) is 11.5. The lowest BCUT2D eigenvalue weighted by Gasteiger charge is -1.92. The molecule has 2 aromatic rings. The number of nitrogens with zero attached hydrogens (tertiary/aromatic N) is 1. The van der Waals surface area contributed by atoms with Crippen molar-refractivity contribution in [1.29, 1.82) is 0 Å². The monoisotopic (exact) mass is 216 g/mol. The van der Waals surface area contributed by atoms with Crippen molar-refractivity contribution in [2.24, 2.45) is 0 Å². The molecule has 1 N–H and O–H groups in total. The second kappa shape index (κ2) is 4.53. The summed E-state index contributed by atoms with van der Waals surface area (Å²) in [6.45, 7) is 0. The number of carbonyl (C=O) groups is 1. The predicted molar refractivity (Wildman–Crippen MR) is 58.4 cm³/mol. The summed E-state index contributed by atoms with van der Waals surface area (Å²) in [5, 5.41) is 6.32. The van der Waals surface area contributed by atoms with Crippen LogP contribution in [0.4, 0.5) is 4.39 Å². The normalized spacial score (nSPS) is 10.8. The van der Waals surface area contributed by atoms with Gasteiger partial charge >= 0.3 is 0 Å². The molecule has 1 aromatic carbocycles. The van der Waals surface area contributed by atoms with Crippen LogP contribution >= 0.6 is 0 Å². The number of hydrogen-bond donors (Lipinski definition) is 1. The lowest BCUT2D eigenvalue weighted by atomic mass is 10.2. The van der Waals surface area contributed by atoms with Crippen LogP contribution in [-0.2, 0) is 0 Å². The smallest absolute Gasteiger partial charge is 0.206 e. The molecule has 4 heteroatoms. The van der Waals surface area contributed by atoms with Crippen LogP contribution in [0.1, 0.15) is 16.1 Å². The highest BCUT2D eigenvalue weighted by Gasteiger charge is 2.02. The molecule has 0 saturated heterocycles. The maximum absolute atomic E-state index is 12.6. The van der Waals surface area contributed by atoms with Crippen molar-refractivity contribution in [2.45, 2.75) is 0 Å². The van der Waals surface area contributed by atoms with Crippen LogP contribution in [0.5, 0.6) is 0 Å². The minimum atomic E-state index is -0.296. The average Bonchev–Trinajstić information content (AvgIpc) is 2.81. The zero-order valence-corrected chi connectivity index (χ0v) is 8.35. The van der Waals surface area contributed by atoms with E-state index in [-0.39, 0.29) is 11.6 Å². The summed E-state index contributed by atoms with van der Waals surface area (Å²) in [5.41, 5.74) is 1.13. The van der Waals surface area contributed by atoms with Crippen LogP contribution in [0.15, 0.2) is 42.6 Å². The minimum Gasteiger partial charge on any atom is -0.287 e. The van der Waals surface area contributed by atoms with Crippen molar-refractivity contribution < 1.29 is 9.18 Å². The van der Waals surface area contributed by atoms with E-state index in [9.17, 15) is 9.18 Å². The Hall–Kier alpha value is -2.23. The molecule has 0 aliphatic heterocycles. The van der Waals surface area contributed by atoms with Gasteiger partial charge in [0.1, 0.15) is 11.5 Å². The number of rotatable bonds is 3. The molecule has 1 aromatic heterocycles. The fourth-order valence-electron chi connectivity index (χ4n) is 1.23. The highest BCUT2D eigenvalue weighted by molar-refractivity contribution is 6.05. The van der Waals surface area contributed by atoms with Crippen LogP contribution in [0.2, 0.25) is 0 Å². The van der Waals surface area contributed by atoms with Gasteiger partial charge in [0.25, 0.3) is 0 Å². The topological polar surface area (TPSA) is 45.8 Å². The number of H-pyrrole nitrogens is 1. The summed E-state index contributed by atoms with van der Waals surface area (Å²) in [6, 6.07) is 7.49. The molecule has 0 aliphatic rings. The van der Waals surface area contributed by atoms with Gasteiger partial charge in [0.05, 0.1) is 0 Å². The van der Waals surface area contributed by atoms with Gasteiger partial charge in [0, 0.05) is 6.20 Å². The van der Waals surface area contributed by atoms with Gasteiger partial charge in [-0.05, 0) is 29.8 Å². The third kappa shape index (κ3) is 2.42. The number of hydrogen-bond acceptors (Lipinski definition) is 2.